The molecule has 2 heterocycles. The molecule has 0 saturated carbocycles. The molecule has 2 aromatic rings. The molecule has 0 aliphatic carbocycles. The first-order chi connectivity index (χ1) is 12.2. The number of alkyl halides is 3. The maximum Gasteiger partial charge on any atom is 0.417 e. The van der Waals surface area contributed by atoms with Crippen molar-refractivity contribution < 1.29 is 22.7 Å². The maximum absolute atomic E-state index is 13.3. The van der Waals surface area contributed by atoms with E-state index in [1.807, 2.05) is 11.8 Å². The molecule has 5 nitrogen and oxygen atoms in total. The molecule has 0 spiro atoms. The van der Waals surface area contributed by atoms with Gasteiger partial charge < -0.3 is 14.6 Å². The quantitative estimate of drug-likeness (QED) is 0.843. The van der Waals surface area contributed by atoms with Crippen LogP contribution < -0.4 is 10.5 Å². The van der Waals surface area contributed by atoms with Crippen LogP contribution in [0.1, 0.15) is 32.3 Å². The van der Waals surface area contributed by atoms with Gasteiger partial charge in [0.2, 0.25) is 5.56 Å². The second-order valence-corrected chi connectivity index (χ2v) is 6.56. The van der Waals surface area contributed by atoms with E-state index >= 15 is 0 Å². The Morgan fingerprint density at radius 1 is 1.31 bits per heavy atom. The van der Waals surface area contributed by atoms with E-state index in [1.165, 1.54) is 19.1 Å². The molecule has 26 heavy (non-hydrogen) atoms. The number of rotatable bonds is 3. The van der Waals surface area contributed by atoms with Crippen LogP contribution in [0.15, 0.2) is 29.1 Å². The largest absolute Gasteiger partial charge is 0.464 e. The number of nitrogens with zero attached hydrogens (tertiary/aromatic N) is 1. The van der Waals surface area contributed by atoms with E-state index in [0.29, 0.717) is 11.8 Å². The number of pyridine rings is 1. The van der Waals surface area contributed by atoms with Crippen LogP contribution in [0.2, 0.25) is 0 Å². The van der Waals surface area contributed by atoms with E-state index in [1.54, 1.807) is 6.07 Å². The second-order valence-electron chi connectivity index (χ2n) is 6.56. The van der Waals surface area contributed by atoms with Crippen LogP contribution in [0, 0.1) is 0 Å². The Kier molecular flexibility index (Phi) is 4.68. The number of halogens is 3. The summed E-state index contributed by atoms with van der Waals surface area (Å²) in [7, 11) is 0. The van der Waals surface area contributed by atoms with Crippen molar-refractivity contribution in [2.75, 3.05) is 11.5 Å². The molecule has 140 valence electrons. The van der Waals surface area contributed by atoms with E-state index < -0.39 is 17.3 Å². The Morgan fingerprint density at radius 3 is 2.69 bits per heavy atom. The smallest absolute Gasteiger partial charge is 0.417 e. The Morgan fingerprint density at radius 2 is 2.04 bits per heavy atom. The Balaban J connectivity index is 2.06. The highest BCUT2D eigenvalue weighted by Gasteiger charge is 2.35. The number of ether oxygens (including phenoxy) is 1. The normalized spacial score (nSPS) is 20.6. The van der Waals surface area contributed by atoms with Gasteiger partial charge in [0.15, 0.2) is 0 Å². The highest BCUT2D eigenvalue weighted by molar-refractivity contribution is 5.86. The summed E-state index contributed by atoms with van der Waals surface area (Å²) in [5.41, 5.74) is -1.00. The molecule has 0 bridgehead atoms. The highest BCUT2D eigenvalue weighted by atomic mass is 19.4. The molecule has 1 N–H and O–H groups in total. The van der Waals surface area contributed by atoms with Gasteiger partial charge in [0.25, 0.3) is 0 Å². The summed E-state index contributed by atoms with van der Waals surface area (Å²) in [6.07, 6.45) is -3.00. The lowest BCUT2D eigenvalue weighted by molar-refractivity contribution is -0.141. The van der Waals surface area contributed by atoms with Gasteiger partial charge in [-0.1, -0.05) is 0 Å². The van der Waals surface area contributed by atoms with Crippen LogP contribution in [0.4, 0.5) is 18.9 Å². The first kappa shape index (κ1) is 18.3. The summed E-state index contributed by atoms with van der Waals surface area (Å²) in [4.78, 5) is 27.0. The van der Waals surface area contributed by atoms with Crippen molar-refractivity contribution in [2.24, 2.45) is 0 Å². The fraction of sp³-hybridized carbons (Fsp3) is 0.444. The molecule has 2 atom stereocenters. The zero-order valence-corrected chi connectivity index (χ0v) is 14.4. The average molecular weight is 368 g/mol. The minimum Gasteiger partial charge on any atom is -0.464 e. The number of hydrogen-bond acceptors (Lipinski definition) is 4. The first-order valence-corrected chi connectivity index (χ1v) is 8.33. The molecular formula is C18H19F3N2O3. The molecular weight excluding hydrogens is 349 g/mol. The summed E-state index contributed by atoms with van der Waals surface area (Å²) in [5.74, 6) is -0.389. The zero-order valence-electron chi connectivity index (χ0n) is 14.4. The molecule has 3 rings (SSSR count). The Bertz CT molecular complexity index is 891. The lowest BCUT2D eigenvalue weighted by atomic mass is 10.1. The van der Waals surface area contributed by atoms with Gasteiger partial charge in [-0.2, -0.15) is 13.2 Å². The van der Waals surface area contributed by atoms with E-state index in [-0.39, 0.29) is 35.6 Å². The molecule has 8 heteroatoms. The number of carbonyl (C=O) groups is 1. The fourth-order valence-corrected chi connectivity index (χ4v) is 3.55. The van der Waals surface area contributed by atoms with Gasteiger partial charge in [-0.05, 0) is 38.0 Å². The minimum atomic E-state index is -4.63. The van der Waals surface area contributed by atoms with Gasteiger partial charge >= 0.3 is 12.1 Å². The van der Waals surface area contributed by atoms with Crippen LogP contribution in [-0.2, 0) is 15.7 Å². The van der Waals surface area contributed by atoms with Gasteiger partial charge in [-0.25, -0.2) is 0 Å². The number of fused-ring (bicyclic) bond motifs is 1. The minimum absolute atomic E-state index is 0.0556. The molecule has 1 fully saturated rings. The number of aromatic nitrogens is 1. The summed E-state index contributed by atoms with van der Waals surface area (Å²) >= 11 is 0. The lowest BCUT2D eigenvalue weighted by Gasteiger charge is -2.31. The van der Waals surface area contributed by atoms with Crippen LogP contribution >= 0.6 is 0 Å². The van der Waals surface area contributed by atoms with E-state index in [4.69, 9.17) is 4.74 Å². The van der Waals surface area contributed by atoms with Crippen LogP contribution in [0.5, 0.6) is 0 Å². The van der Waals surface area contributed by atoms with E-state index in [9.17, 15) is 22.8 Å². The third-order valence-electron chi connectivity index (χ3n) is 4.70. The van der Waals surface area contributed by atoms with Crippen LogP contribution in [0.3, 0.4) is 0 Å². The summed E-state index contributed by atoms with van der Waals surface area (Å²) in [6, 6.07) is 5.19. The molecule has 1 aromatic heterocycles. The summed E-state index contributed by atoms with van der Waals surface area (Å²) in [5, 5.41) is -0.0556. The van der Waals surface area contributed by atoms with Gasteiger partial charge in [0.1, 0.15) is 6.61 Å². The SMILES string of the molecule is CC(=O)OC[C@H]1CC[C@@H](C)N1c1ccc2[nH]c(=O)cc(C(F)(F)F)c2c1. The molecule has 1 aliphatic heterocycles. The lowest BCUT2D eigenvalue weighted by Crippen LogP contribution is -2.37. The van der Waals surface area contributed by atoms with Crippen molar-refractivity contribution in [1.29, 1.82) is 0 Å². The number of hydrogen-bond donors (Lipinski definition) is 1. The van der Waals surface area contributed by atoms with Crippen molar-refractivity contribution in [3.63, 3.8) is 0 Å². The van der Waals surface area contributed by atoms with Crippen molar-refractivity contribution in [1.82, 2.24) is 4.98 Å². The zero-order chi connectivity index (χ0) is 19.1. The predicted octanol–water partition coefficient (Wildman–Crippen LogP) is 3.47. The topological polar surface area (TPSA) is 62.4 Å². The number of nitrogens with one attached hydrogen (secondary N) is 1. The van der Waals surface area contributed by atoms with Gasteiger partial charge in [0.05, 0.1) is 11.6 Å². The van der Waals surface area contributed by atoms with Gasteiger partial charge in [-0.15, -0.1) is 0 Å². The molecule has 0 unspecified atom stereocenters. The average Bonchev–Trinajstić information content (AvgIpc) is 2.91. The third-order valence-corrected chi connectivity index (χ3v) is 4.70. The van der Waals surface area contributed by atoms with E-state index in [2.05, 4.69) is 4.98 Å². The first-order valence-electron chi connectivity index (χ1n) is 8.33. The summed E-state index contributed by atoms with van der Waals surface area (Å²) < 4.78 is 45.1. The molecule has 0 amide bonds. The Hall–Kier alpha value is -2.51. The van der Waals surface area contributed by atoms with Crippen molar-refractivity contribution in [3.05, 3.63) is 40.2 Å². The van der Waals surface area contributed by atoms with Gasteiger partial charge in [-0.3, -0.25) is 9.59 Å². The van der Waals surface area contributed by atoms with Crippen LogP contribution in [-0.4, -0.2) is 29.6 Å². The monoisotopic (exact) mass is 368 g/mol. The van der Waals surface area contributed by atoms with Crippen molar-refractivity contribution in [3.8, 4) is 0 Å². The maximum atomic E-state index is 13.3. The van der Waals surface area contributed by atoms with E-state index in [0.717, 1.165) is 12.8 Å². The third kappa shape index (κ3) is 3.54. The highest BCUT2D eigenvalue weighted by Crippen LogP contribution is 2.37. The molecule has 1 saturated heterocycles. The molecule has 1 aromatic carbocycles. The molecule has 0 radical (unpaired) electrons. The number of H-pyrrole nitrogens is 1. The van der Waals surface area contributed by atoms with Crippen molar-refractivity contribution >= 4 is 22.6 Å². The number of anilines is 1. The standard InChI is InChI=1S/C18H19F3N2O3/c1-10-3-4-13(9-26-11(2)24)23(10)12-5-6-16-14(7-12)15(18(19,20)21)8-17(25)22-16/h5-8,10,13H,3-4,9H2,1-2H3,(H,22,25)/t10-,13-/m1/s1. The Labute approximate surface area is 147 Å². The molecule has 1 aliphatic rings. The number of carbonyl (C=O) groups excluding carboxylic acids is 1. The van der Waals surface area contributed by atoms with Gasteiger partial charge in [0, 0.05) is 35.6 Å². The second kappa shape index (κ2) is 6.66. The number of benzene rings is 1. The predicted molar refractivity (Wildman–Crippen MR) is 91.2 cm³/mol. The number of esters is 1. The van der Waals surface area contributed by atoms with Crippen LogP contribution in [0.25, 0.3) is 10.9 Å². The number of aromatic amines is 1. The fourth-order valence-electron chi connectivity index (χ4n) is 3.55. The summed E-state index contributed by atoms with van der Waals surface area (Å²) in [6.45, 7) is 3.50. The van der Waals surface area contributed by atoms with Crippen molar-refractivity contribution in [2.45, 2.75) is 44.9 Å².